The molecule has 45 heavy (non-hydrogen) atoms. The van der Waals surface area contributed by atoms with Crippen LogP contribution in [0.5, 0.6) is 0 Å². The van der Waals surface area contributed by atoms with Crippen LogP contribution >= 0.6 is 11.6 Å². The number of ether oxygens (including phenoxy) is 1. The van der Waals surface area contributed by atoms with Crippen LogP contribution in [0.15, 0.2) is 35.2 Å². The molecular formula is C28H30ClF3N4O8S. The van der Waals surface area contributed by atoms with Crippen LogP contribution in [0.25, 0.3) is 0 Å². The number of alkyl carbamates (subject to hydrolysis) is 1. The van der Waals surface area contributed by atoms with E-state index in [0.29, 0.717) is 18.6 Å². The van der Waals surface area contributed by atoms with Gasteiger partial charge in [-0.05, 0) is 55.7 Å². The molecular weight excluding hydrogens is 645 g/mol. The fraction of sp³-hybridized carbons (Fsp3) is 0.429. The van der Waals surface area contributed by atoms with Crippen molar-refractivity contribution in [2.24, 2.45) is 17.6 Å². The molecule has 12 nitrogen and oxygen atoms in total. The Hall–Kier alpha value is -3.89. The topological polar surface area (TPSA) is 194 Å². The van der Waals surface area contributed by atoms with E-state index in [9.17, 15) is 45.9 Å². The van der Waals surface area contributed by atoms with E-state index in [4.69, 9.17) is 17.3 Å². The zero-order valence-corrected chi connectivity index (χ0v) is 25.3. The van der Waals surface area contributed by atoms with Gasteiger partial charge in [0.2, 0.25) is 11.8 Å². The number of rotatable bonds is 11. The lowest BCUT2D eigenvalue weighted by Gasteiger charge is -2.58. The highest BCUT2D eigenvalue weighted by atomic mass is 35.5. The van der Waals surface area contributed by atoms with Gasteiger partial charge in [-0.3, -0.25) is 14.4 Å². The summed E-state index contributed by atoms with van der Waals surface area (Å²) in [6.45, 7) is -0.245. The van der Waals surface area contributed by atoms with Gasteiger partial charge in [0.05, 0.1) is 27.9 Å². The minimum Gasteiger partial charge on any atom is -0.453 e. The van der Waals surface area contributed by atoms with Crippen LogP contribution in [-0.4, -0.2) is 67.9 Å². The standard InChI is InChI=1S/C28H30ClF3N4O8S/c1-44-27(40)36-21(4-5-23(33)37)26(39)34-12-28(41)14-7-15(28)9-17(8-14)45(42,43)22-6-13(2-3-18(22)29)25(38)35-16-10-19(30)24(32)20(31)11-16/h2-3,6,10-11,14-15,17,21,41H,4-5,7-9,12H2,1H3,(H2,33,37)(H,34,39)(H,35,38)(H,36,40)/t14?,15?,17?,21-,28?/m0/s1. The molecule has 3 fully saturated rings. The Morgan fingerprint density at radius 1 is 1.09 bits per heavy atom. The molecule has 4 amide bonds. The number of methoxy groups -OCH3 is 1. The maximum Gasteiger partial charge on any atom is 0.407 e. The SMILES string of the molecule is COC(=O)N[C@@H](CCC(N)=O)C(=O)NCC1(O)C2CC1CC(S(=O)(=O)c1cc(C(=O)Nc3cc(F)c(F)c(F)c3)ccc1Cl)C2. The predicted octanol–water partition coefficient (Wildman–Crippen LogP) is 2.42. The van der Waals surface area contributed by atoms with E-state index >= 15 is 0 Å². The molecule has 0 heterocycles. The van der Waals surface area contributed by atoms with Crippen molar-refractivity contribution in [3.05, 3.63) is 58.4 Å². The molecule has 6 N–H and O–H groups in total. The number of sulfone groups is 1. The molecule has 2 bridgehead atoms. The van der Waals surface area contributed by atoms with Gasteiger partial charge in [0.15, 0.2) is 27.3 Å². The fourth-order valence-electron chi connectivity index (χ4n) is 5.78. The van der Waals surface area contributed by atoms with Gasteiger partial charge in [-0.2, -0.15) is 0 Å². The normalized spacial score (nSPS) is 22.8. The highest BCUT2D eigenvalue weighted by Gasteiger charge is 2.60. The zero-order chi connectivity index (χ0) is 33.3. The summed E-state index contributed by atoms with van der Waals surface area (Å²) in [4.78, 5) is 48.0. The summed E-state index contributed by atoms with van der Waals surface area (Å²) in [6, 6.07) is 3.38. The Kier molecular flexibility index (Phi) is 9.99. The lowest BCUT2D eigenvalue weighted by Crippen LogP contribution is -2.67. The molecule has 3 saturated carbocycles. The number of carbonyl (C=O) groups excluding carboxylic acids is 4. The summed E-state index contributed by atoms with van der Waals surface area (Å²) in [6.07, 6.45) is -0.714. The van der Waals surface area contributed by atoms with Gasteiger partial charge in [0.1, 0.15) is 6.04 Å². The van der Waals surface area contributed by atoms with Crippen molar-refractivity contribution in [1.29, 1.82) is 0 Å². The highest BCUT2D eigenvalue weighted by molar-refractivity contribution is 7.92. The number of hydrogen-bond donors (Lipinski definition) is 5. The van der Waals surface area contributed by atoms with Crippen molar-refractivity contribution in [3.63, 3.8) is 0 Å². The van der Waals surface area contributed by atoms with Gasteiger partial charge in [0.25, 0.3) is 5.91 Å². The van der Waals surface area contributed by atoms with Crippen molar-refractivity contribution in [1.82, 2.24) is 10.6 Å². The van der Waals surface area contributed by atoms with Crippen LogP contribution in [0.4, 0.5) is 23.7 Å². The first-order valence-corrected chi connectivity index (χ1v) is 15.6. The van der Waals surface area contributed by atoms with E-state index < -0.39 is 85.5 Å². The number of halogens is 4. The third kappa shape index (κ3) is 7.17. The second-order valence-electron chi connectivity index (χ2n) is 11.0. The summed E-state index contributed by atoms with van der Waals surface area (Å²) in [5.41, 5.74) is 3.11. The number of nitrogens with two attached hydrogens (primary N) is 1. The summed E-state index contributed by atoms with van der Waals surface area (Å²) in [5.74, 6) is -8.14. The van der Waals surface area contributed by atoms with E-state index in [1.165, 1.54) is 12.1 Å². The summed E-state index contributed by atoms with van der Waals surface area (Å²) >= 11 is 6.22. The molecule has 5 rings (SSSR count). The maximum absolute atomic E-state index is 13.7. The molecule has 3 aliphatic carbocycles. The van der Waals surface area contributed by atoms with Gasteiger partial charge in [-0.1, -0.05) is 11.6 Å². The predicted molar refractivity (Wildman–Crippen MR) is 153 cm³/mol. The third-order valence-electron chi connectivity index (χ3n) is 8.28. The number of nitrogens with one attached hydrogen (secondary N) is 3. The van der Waals surface area contributed by atoms with Crippen molar-refractivity contribution >= 4 is 50.9 Å². The maximum atomic E-state index is 13.7. The third-order valence-corrected chi connectivity index (χ3v) is 10.9. The Labute approximate surface area is 260 Å². The number of amides is 4. The number of carbonyl (C=O) groups is 4. The van der Waals surface area contributed by atoms with Gasteiger partial charge in [-0.25, -0.2) is 26.4 Å². The van der Waals surface area contributed by atoms with Gasteiger partial charge in [-0.15, -0.1) is 0 Å². The molecule has 17 heteroatoms. The molecule has 2 aromatic carbocycles. The first-order chi connectivity index (χ1) is 21.1. The number of hydrogen-bond acceptors (Lipinski definition) is 8. The highest BCUT2D eigenvalue weighted by Crippen LogP contribution is 2.55. The molecule has 0 aliphatic heterocycles. The van der Waals surface area contributed by atoms with Crippen molar-refractivity contribution in [2.45, 2.75) is 53.9 Å². The van der Waals surface area contributed by atoms with Crippen LogP contribution in [0, 0.1) is 29.3 Å². The lowest BCUT2D eigenvalue weighted by atomic mass is 9.53. The molecule has 0 radical (unpaired) electrons. The van der Waals surface area contributed by atoms with Gasteiger partial charge in [0, 0.05) is 36.3 Å². The second-order valence-corrected chi connectivity index (χ2v) is 13.6. The average Bonchev–Trinajstić information content (AvgIpc) is 3.00. The minimum atomic E-state index is -4.16. The summed E-state index contributed by atoms with van der Waals surface area (Å²) in [7, 11) is -3.06. The summed E-state index contributed by atoms with van der Waals surface area (Å²) < 4.78 is 72.2. The molecule has 0 spiro atoms. The largest absolute Gasteiger partial charge is 0.453 e. The molecule has 2 aromatic rings. The molecule has 0 saturated heterocycles. The van der Waals surface area contributed by atoms with E-state index in [1.54, 1.807) is 0 Å². The summed E-state index contributed by atoms with van der Waals surface area (Å²) in [5, 5.41) is 17.2. The van der Waals surface area contributed by atoms with Gasteiger partial charge >= 0.3 is 6.09 Å². The van der Waals surface area contributed by atoms with E-state index in [2.05, 4.69) is 20.7 Å². The molecule has 2 unspecified atom stereocenters. The van der Waals surface area contributed by atoms with Crippen LogP contribution in [-0.2, 0) is 24.2 Å². The van der Waals surface area contributed by atoms with Crippen LogP contribution in [0.3, 0.4) is 0 Å². The Morgan fingerprint density at radius 2 is 1.71 bits per heavy atom. The number of fused-ring (bicyclic) bond motifs is 2. The average molecular weight is 675 g/mol. The number of benzene rings is 2. The number of anilines is 1. The Balaban J connectivity index is 1.44. The minimum absolute atomic E-state index is 0.0115. The lowest BCUT2D eigenvalue weighted by molar-refractivity contribution is -0.174. The first kappa shape index (κ1) is 34.0. The van der Waals surface area contributed by atoms with E-state index in [-0.39, 0.29) is 47.7 Å². The van der Waals surface area contributed by atoms with Crippen LogP contribution < -0.4 is 21.7 Å². The second kappa shape index (κ2) is 13.2. The Morgan fingerprint density at radius 3 is 2.29 bits per heavy atom. The van der Waals surface area contributed by atoms with Crippen molar-refractivity contribution < 1.29 is 50.6 Å². The van der Waals surface area contributed by atoms with Crippen molar-refractivity contribution in [2.75, 3.05) is 19.0 Å². The van der Waals surface area contributed by atoms with E-state index in [0.717, 1.165) is 13.2 Å². The number of primary amides is 1. The smallest absolute Gasteiger partial charge is 0.407 e. The molecule has 0 aromatic heterocycles. The van der Waals surface area contributed by atoms with Crippen LogP contribution in [0.1, 0.15) is 42.5 Å². The van der Waals surface area contributed by atoms with E-state index in [1.807, 2.05) is 0 Å². The monoisotopic (exact) mass is 674 g/mol. The zero-order valence-electron chi connectivity index (χ0n) is 23.7. The molecule has 3 aliphatic rings. The van der Waals surface area contributed by atoms with Gasteiger partial charge < -0.3 is 31.5 Å². The first-order valence-electron chi connectivity index (χ1n) is 13.7. The fourth-order valence-corrected chi connectivity index (χ4v) is 8.18. The van der Waals surface area contributed by atoms with Crippen molar-refractivity contribution in [3.8, 4) is 0 Å². The number of aliphatic hydroxyl groups is 1. The molecule has 3 atom stereocenters. The van der Waals surface area contributed by atoms with Crippen LogP contribution in [0.2, 0.25) is 5.02 Å². The quantitative estimate of drug-likeness (QED) is 0.224. The molecule has 244 valence electrons. The Bertz CT molecular complexity index is 1610.